The van der Waals surface area contributed by atoms with Crippen LogP contribution in [0.4, 0.5) is 0 Å². The molecule has 0 fully saturated rings. The van der Waals surface area contributed by atoms with Gasteiger partial charge in [0.1, 0.15) is 0 Å². The topological polar surface area (TPSA) is 44.1 Å². The van der Waals surface area contributed by atoms with Gasteiger partial charge >= 0.3 is 5.97 Å². The molecular formula is C20H19ClN2O2. The first-order chi connectivity index (χ1) is 12.1. The minimum atomic E-state index is -0.402. The third kappa shape index (κ3) is 3.91. The number of aryl methyl sites for hydroxylation is 2. The number of hydrogen-bond donors (Lipinski definition) is 0. The summed E-state index contributed by atoms with van der Waals surface area (Å²) in [5.41, 5.74) is 3.32. The van der Waals surface area contributed by atoms with Gasteiger partial charge in [-0.15, -0.1) is 0 Å². The van der Waals surface area contributed by atoms with E-state index < -0.39 is 5.97 Å². The number of carbonyl (C=O) groups is 1. The molecule has 0 aliphatic rings. The van der Waals surface area contributed by atoms with Gasteiger partial charge in [-0.05, 0) is 54.8 Å². The Balaban J connectivity index is 1.89. The Hall–Kier alpha value is -2.59. The number of carbonyl (C=O) groups excluding carboxylic acids is 1. The van der Waals surface area contributed by atoms with Crippen LogP contribution in [0, 0.1) is 0 Å². The van der Waals surface area contributed by atoms with Crippen molar-refractivity contribution in [1.29, 1.82) is 0 Å². The summed E-state index contributed by atoms with van der Waals surface area (Å²) in [6, 6.07) is 16.4. The summed E-state index contributed by atoms with van der Waals surface area (Å²) < 4.78 is 7.22. The summed E-state index contributed by atoms with van der Waals surface area (Å²) in [5, 5.41) is 5.14. The number of aromatic nitrogens is 2. The average Bonchev–Trinajstić information content (AvgIpc) is 3.05. The van der Waals surface area contributed by atoms with E-state index in [2.05, 4.69) is 12.0 Å². The standard InChI is InChI=1S/C20H19ClN2O2/c1-3-14-5-7-15(8-6-14)20(24)25-19-13-17(4-2)22-23(19)18-11-9-16(21)10-12-18/h5-13H,3-4H2,1-2H3. The van der Waals surface area contributed by atoms with Gasteiger partial charge in [0.15, 0.2) is 0 Å². The van der Waals surface area contributed by atoms with Crippen molar-refractivity contribution in [2.75, 3.05) is 0 Å². The van der Waals surface area contributed by atoms with Crippen LogP contribution in [-0.4, -0.2) is 15.7 Å². The van der Waals surface area contributed by atoms with Crippen molar-refractivity contribution < 1.29 is 9.53 Å². The number of hydrogen-bond acceptors (Lipinski definition) is 3. The lowest BCUT2D eigenvalue weighted by molar-refractivity contribution is 0.0723. The predicted molar refractivity (Wildman–Crippen MR) is 98.7 cm³/mol. The average molecular weight is 355 g/mol. The predicted octanol–water partition coefficient (Wildman–Crippen LogP) is 4.87. The molecule has 4 nitrogen and oxygen atoms in total. The molecule has 0 N–H and O–H groups in total. The van der Waals surface area contributed by atoms with Gasteiger partial charge in [-0.2, -0.15) is 5.10 Å². The second-order valence-corrected chi connectivity index (χ2v) is 6.09. The van der Waals surface area contributed by atoms with Crippen LogP contribution in [0.25, 0.3) is 5.69 Å². The Morgan fingerprint density at radius 1 is 1.04 bits per heavy atom. The molecule has 0 unspecified atom stereocenters. The molecule has 0 atom stereocenters. The van der Waals surface area contributed by atoms with E-state index in [0.717, 1.165) is 24.2 Å². The van der Waals surface area contributed by atoms with Crippen molar-refractivity contribution in [2.45, 2.75) is 26.7 Å². The Morgan fingerprint density at radius 3 is 2.32 bits per heavy atom. The summed E-state index contributed by atoms with van der Waals surface area (Å²) in [6.07, 6.45) is 1.68. The first kappa shape index (κ1) is 17.2. The van der Waals surface area contributed by atoms with Crippen LogP contribution in [-0.2, 0) is 12.8 Å². The third-order valence-electron chi connectivity index (χ3n) is 3.96. The van der Waals surface area contributed by atoms with Gasteiger partial charge in [-0.1, -0.05) is 37.6 Å². The number of ether oxygens (including phenoxy) is 1. The van der Waals surface area contributed by atoms with Crippen molar-refractivity contribution in [3.63, 3.8) is 0 Å². The van der Waals surface area contributed by atoms with E-state index in [4.69, 9.17) is 16.3 Å². The maximum atomic E-state index is 12.5. The zero-order valence-corrected chi connectivity index (χ0v) is 15.0. The lowest BCUT2D eigenvalue weighted by Crippen LogP contribution is -2.11. The lowest BCUT2D eigenvalue weighted by atomic mass is 10.1. The highest BCUT2D eigenvalue weighted by Gasteiger charge is 2.15. The van der Waals surface area contributed by atoms with Gasteiger partial charge in [0, 0.05) is 11.1 Å². The monoisotopic (exact) mass is 354 g/mol. The normalized spacial score (nSPS) is 10.7. The van der Waals surface area contributed by atoms with Crippen molar-refractivity contribution >= 4 is 17.6 Å². The highest BCUT2D eigenvalue weighted by Crippen LogP contribution is 2.22. The van der Waals surface area contributed by atoms with E-state index in [0.29, 0.717) is 16.5 Å². The zero-order valence-electron chi connectivity index (χ0n) is 14.2. The van der Waals surface area contributed by atoms with Crippen molar-refractivity contribution in [2.24, 2.45) is 0 Å². The minimum absolute atomic E-state index is 0.392. The fourth-order valence-corrected chi connectivity index (χ4v) is 2.58. The van der Waals surface area contributed by atoms with Crippen molar-refractivity contribution in [3.05, 3.63) is 76.4 Å². The summed E-state index contributed by atoms with van der Waals surface area (Å²) in [7, 11) is 0. The first-order valence-corrected chi connectivity index (χ1v) is 8.64. The Morgan fingerprint density at radius 2 is 1.72 bits per heavy atom. The van der Waals surface area contributed by atoms with Gasteiger partial charge in [-0.3, -0.25) is 0 Å². The molecule has 0 bridgehead atoms. The molecular weight excluding hydrogens is 336 g/mol. The first-order valence-electron chi connectivity index (χ1n) is 8.26. The fourth-order valence-electron chi connectivity index (χ4n) is 2.45. The summed E-state index contributed by atoms with van der Waals surface area (Å²) in [6.45, 7) is 4.08. The smallest absolute Gasteiger partial charge is 0.344 e. The number of benzene rings is 2. The van der Waals surface area contributed by atoms with Crippen LogP contribution in [0.2, 0.25) is 5.02 Å². The molecule has 0 aliphatic carbocycles. The maximum absolute atomic E-state index is 12.5. The van der Waals surface area contributed by atoms with E-state index in [1.807, 2.05) is 31.2 Å². The molecule has 1 aromatic heterocycles. The quantitative estimate of drug-likeness (QED) is 0.614. The van der Waals surface area contributed by atoms with E-state index in [9.17, 15) is 4.79 Å². The van der Waals surface area contributed by atoms with Crippen LogP contribution in [0.15, 0.2) is 54.6 Å². The second-order valence-electron chi connectivity index (χ2n) is 5.66. The minimum Gasteiger partial charge on any atom is -0.404 e. The molecule has 0 saturated heterocycles. The maximum Gasteiger partial charge on any atom is 0.344 e. The summed E-state index contributed by atoms with van der Waals surface area (Å²) in [4.78, 5) is 12.5. The summed E-state index contributed by atoms with van der Waals surface area (Å²) >= 11 is 5.95. The molecule has 0 radical (unpaired) electrons. The van der Waals surface area contributed by atoms with Gasteiger partial charge < -0.3 is 4.74 Å². The molecule has 0 amide bonds. The molecule has 0 saturated carbocycles. The van der Waals surface area contributed by atoms with E-state index in [-0.39, 0.29) is 0 Å². The largest absolute Gasteiger partial charge is 0.404 e. The van der Waals surface area contributed by atoms with Crippen LogP contribution in [0.3, 0.4) is 0 Å². The number of rotatable bonds is 5. The number of esters is 1. The molecule has 0 aliphatic heterocycles. The summed E-state index contributed by atoms with van der Waals surface area (Å²) in [5.74, 6) is -0.0100. The van der Waals surface area contributed by atoms with Crippen LogP contribution in [0.1, 0.15) is 35.5 Å². The lowest BCUT2D eigenvalue weighted by Gasteiger charge is -2.08. The molecule has 3 rings (SSSR count). The molecule has 0 spiro atoms. The highest BCUT2D eigenvalue weighted by molar-refractivity contribution is 6.30. The Labute approximate surface area is 152 Å². The van der Waals surface area contributed by atoms with Crippen molar-refractivity contribution in [3.8, 4) is 11.6 Å². The van der Waals surface area contributed by atoms with Gasteiger partial charge in [0.05, 0.1) is 16.9 Å². The van der Waals surface area contributed by atoms with E-state index in [1.54, 1.807) is 35.0 Å². The molecule has 1 heterocycles. The SMILES string of the molecule is CCc1ccc(C(=O)Oc2cc(CC)nn2-c2ccc(Cl)cc2)cc1. The molecule has 2 aromatic carbocycles. The Kier molecular flexibility index (Phi) is 5.19. The van der Waals surface area contributed by atoms with Gasteiger partial charge in [0.2, 0.25) is 5.88 Å². The van der Waals surface area contributed by atoms with Gasteiger partial charge in [-0.25, -0.2) is 9.48 Å². The van der Waals surface area contributed by atoms with Crippen LogP contribution >= 0.6 is 11.6 Å². The zero-order chi connectivity index (χ0) is 17.8. The second kappa shape index (κ2) is 7.53. The van der Waals surface area contributed by atoms with Gasteiger partial charge in [0.25, 0.3) is 0 Å². The third-order valence-corrected chi connectivity index (χ3v) is 4.21. The van der Waals surface area contributed by atoms with E-state index in [1.165, 1.54) is 5.56 Å². The van der Waals surface area contributed by atoms with Crippen molar-refractivity contribution in [1.82, 2.24) is 9.78 Å². The molecule has 128 valence electrons. The fraction of sp³-hybridized carbons (Fsp3) is 0.200. The number of halogens is 1. The van der Waals surface area contributed by atoms with Crippen LogP contribution < -0.4 is 4.74 Å². The van der Waals surface area contributed by atoms with Crippen LogP contribution in [0.5, 0.6) is 5.88 Å². The molecule has 5 heteroatoms. The Bertz CT molecular complexity index is 868. The molecule has 3 aromatic rings. The molecule has 25 heavy (non-hydrogen) atoms. The highest BCUT2D eigenvalue weighted by atomic mass is 35.5. The van der Waals surface area contributed by atoms with E-state index >= 15 is 0 Å². The number of nitrogens with zero attached hydrogens (tertiary/aromatic N) is 2.